The average molecular weight is 421 g/mol. The van der Waals surface area contributed by atoms with E-state index >= 15 is 0 Å². The maximum Gasteiger partial charge on any atom is 0.272 e. The molecule has 1 aromatic carbocycles. The Morgan fingerprint density at radius 1 is 1.10 bits per heavy atom. The maximum atomic E-state index is 13.8. The first-order valence-corrected chi connectivity index (χ1v) is 9.84. The van der Waals surface area contributed by atoms with Crippen molar-refractivity contribution >= 4 is 24.1 Å². The minimum Gasteiger partial charge on any atom is -0.485 e. The van der Waals surface area contributed by atoms with Gasteiger partial charge >= 0.3 is 0 Å². The highest BCUT2D eigenvalue weighted by Gasteiger charge is 2.29. The number of carbonyl (C=O) groups excluding carboxylic acids is 1. The molecule has 4 rings (SSSR count). The standard InChI is InChI=1S/C21H25FN4O2.ClH/c22-17-5-1-2-7-19(17)28-16-9-13-26(15-16)21(27)18-6-3-8-20(24-18)25-12-4-10-23-11-14-25;/h1-3,5-8,16,23H,4,9-15H2;1H. The van der Waals surface area contributed by atoms with Gasteiger partial charge in [0.05, 0.1) is 6.54 Å². The van der Waals surface area contributed by atoms with E-state index in [4.69, 9.17) is 4.74 Å². The van der Waals surface area contributed by atoms with Gasteiger partial charge in [0.15, 0.2) is 11.6 Å². The molecule has 1 aromatic heterocycles. The van der Waals surface area contributed by atoms with Crippen LogP contribution in [0.3, 0.4) is 0 Å². The number of nitrogens with one attached hydrogen (secondary N) is 1. The second kappa shape index (κ2) is 9.89. The molecule has 0 aliphatic carbocycles. The van der Waals surface area contributed by atoms with Crippen molar-refractivity contribution in [2.24, 2.45) is 0 Å². The van der Waals surface area contributed by atoms with E-state index in [9.17, 15) is 9.18 Å². The van der Waals surface area contributed by atoms with Gasteiger partial charge in [0.25, 0.3) is 5.91 Å². The third-order valence-electron chi connectivity index (χ3n) is 5.18. The Morgan fingerprint density at radius 2 is 1.97 bits per heavy atom. The number of para-hydroxylation sites is 1. The van der Waals surface area contributed by atoms with Crippen molar-refractivity contribution in [2.75, 3.05) is 44.2 Å². The van der Waals surface area contributed by atoms with Crippen LogP contribution in [0.15, 0.2) is 42.5 Å². The molecule has 2 fully saturated rings. The molecule has 2 aliphatic rings. The summed E-state index contributed by atoms with van der Waals surface area (Å²) in [5.74, 6) is 0.590. The quantitative estimate of drug-likeness (QED) is 0.824. The van der Waals surface area contributed by atoms with E-state index in [0.717, 1.165) is 38.4 Å². The Labute approximate surface area is 176 Å². The van der Waals surface area contributed by atoms with Crippen molar-refractivity contribution in [1.82, 2.24) is 15.2 Å². The van der Waals surface area contributed by atoms with Gasteiger partial charge in [-0.2, -0.15) is 0 Å². The smallest absolute Gasteiger partial charge is 0.272 e. The second-order valence-corrected chi connectivity index (χ2v) is 7.18. The van der Waals surface area contributed by atoms with Crippen molar-refractivity contribution in [2.45, 2.75) is 18.9 Å². The number of hydrogen-bond donors (Lipinski definition) is 1. The molecule has 2 saturated heterocycles. The normalized spacial score (nSPS) is 19.4. The van der Waals surface area contributed by atoms with Crippen LogP contribution in [-0.2, 0) is 0 Å². The van der Waals surface area contributed by atoms with Crippen LogP contribution in [0.2, 0.25) is 0 Å². The molecule has 1 unspecified atom stereocenters. The van der Waals surface area contributed by atoms with E-state index < -0.39 is 0 Å². The first-order chi connectivity index (χ1) is 13.7. The Balaban J connectivity index is 0.00000240. The van der Waals surface area contributed by atoms with Gasteiger partial charge in [-0.25, -0.2) is 9.37 Å². The molecule has 1 N–H and O–H groups in total. The summed E-state index contributed by atoms with van der Waals surface area (Å²) in [5, 5.41) is 3.37. The Hall–Kier alpha value is -2.38. The molecule has 156 valence electrons. The minimum absolute atomic E-state index is 0. The first-order valence-electron chi connectivity index (χ1n) is 9.84. The Bertz CT molecular complexity index is 830. The third kappa shape index (κ3) is 5.16. The van der Waals surface area contributed by atoms with E-state index in [1.807, 2.05) is 12.1 Å². The van der Waals surface area contributed by atoms with Gasteiger partial charge in [-0.05, 0) is 37.2 Å². The maximum absolute atomic E-state index is 13.8. The van der Waals surface area contributed by atoms with Gasteiger partial charge in [-0.3, -0.25) is 4.79 Å². The molecule has 29 heavy (non-hydrogen) atoms. The van der Waals surface area contributed by atoms with Crippen LogP contribution in [0, 0.1) is 5.82 Å². The number of likely N-dealkylation sites (tertiary alicyclic amines) is 1. The summed E-state index contributed by atoms with van der Waals surface area (Å²) in [7, 11) is 0. The number of aromatic nitrogens is 1. The SMILES string of the molecule is Cl.O=C(c1cccc(N2CCCNCC2)n1)N1CCC(Oc2ccccc2F)C1. The molecule has 2 aliphatic heterocycles. The molecular weight excluding hydrogens is 395 g/mol. The molecule has 0 radical (unpaired) electrons. The summed E-state index contributed by atoms with van der Waals surface area (Å²) in [4.78, 5) is 21.5. The lowest BCUT2D eigenvalue weighted by Crippen LogP contribution is -2.33. The number of amides is 1. The molecule has 1 atom stereocenters. The van der Waals surface area contributed by atoms with Crippen LogP contribution in [-0.4, -0.2) is 61.2 Å². The van der Waals surface area contributed by atoms with Crippen LogP contribution in [0.25, 0.3) is 0 Å². The molecule has 0 bridgehead atoms. The van der Waals surface area contributed by atoms with Gasteiger partial charge in [0, 0.05) is 32.6 Å². The zero-order valence-corrected chi connectivity index (χ0v) is 17.0. The first kappa shape index (κ1) is 21.3. The highest BCUT2D eigenvalue weighted by molar-refractivity contribution is 5.93. The summed E-state index contributed by atoms with van der Waals surface area (Å²) >= 11 is 0. The van der Waals surface area contributed by atoms with Crippen LogP contribution >= 0.6 is 12.4 Å². The van der Waals surface area contributed by atoms with Crippen molar-refractivity contribution in [3.05, 3.63) is 54.0 Å². The highest BCUT2D eigenvalue weighted by Crippen LogP contribution is 2.22. The molecular formula is C21H26ClFN4O2. The molecule has 0 spiro atoms. The van der Waals surface area contributed by atoms with Crippen molar-refractivity contribution < 1.29 is 13.9 Å². The van der Waals surface area contributed by atoms with Gasteiger partial charge in [0.1, 0.15) is 17.6 Å². The van der Waals surface area contributed by atoms with Crippen LogP contribution in [0.5, 0.6) is 5.75 Å². The van der Waals surface area contributed by atoms with E-state index in [-0.39, 0.29) is 36.0 Å². The van der Waals surface area contributed by atoms with E-state index in [1.54, 1.807) is 29.2 Å². The topological polar surface area (TPSA) is 57.7 Å². The number of carbonyl (C=O) groups is 1. The largest absolute Gasteiger partial charge is 0.485 e. The lowest BCUT2D eigenvalue weighted by molar-refractivity contribution is 0.0766. The number of pyridine rings is 1. The summed E-state index contributed by atoms with van der Waals surface area (Å²) in [5.41, 5.74) is 0.446. The fraction of sp³-hybridized carbons (Fsp3) is 0.429. The zero-order chi connectivity index (χ0) is 19.3. The molecule has 8 heteroatoms. The number of nitrogens with zero attached hydrogens (tertiary/aromatic N) is 3. The molecule has 3 heterocycles. The third-order valence-corrected chi connectivity index (χ3v) is 5.18. The van der Waals surface area contributed by atoms with Crippen molar-refractivity contribution in [3.63, 3.8) is 0 Å². The summed E-state index contributed by atoms with van der Waals surface area (Å²) in [6.07, 6.45) is 1.53. The molecule has 0 saturated carbocycles. The number of halogens is 2. The lowest BCUT2D eigenvalue weighted by atomic mass is 10.3. The van der Waals surface area contributed by atoms with E-state index in [2.05, 4.69) is 15.2 Å². The molecule has 6 nitrogen and oxygen atoms in total. The number of anilines is 1. The minimum atomic E-state index is -0.381. The van der Waals surface area contributed by atoms with Gasteiger partial charge < -0.3 is 19.9 Å². The molecule has 2 aromatic rings. The predicted octanol–water partition coefficient (Wildman–Crippen LogP) is 2.74. The average Bonchev–Trinajstić information content (AvgIpc) is 3.01. The van der Waals surface area contributed by atoms with Gasteiger partial charge in [0.2, 0.25) is 0 Å². The van der Waals surface area contributed by atoms with Crippen LogP contribution in [0.4, 0.5) is 10.2 Å². The van der Waals surface area contributed by atoms with E-state index in [1.165, 1.54) is 6.07 Å². The number of benzene rings is 1. The predicted molar refractivity (Wildman–Crippen MR) is 113 cm³/mol. The second-order valence-electron chi connectivity index (χ2n) is 7.18. The number of hydrogen-bond acceptors (Lipinski definition) is 5. The summed E-state index contributed by atoms with van der Waals surface area (Å²) in [6, 6.07) is 12.0. The van der Waals surface area contributed by atoms with Gasteiger partial charge in [-0.15, -0.1) is 12.4 Å². The van der Waals surface area contributed by atoms with Crippen LogP contribution < -0.4 is 15.0 Å². The number of rotatable bonds is 4. The molecule has 1 amide bonds. The fourth-order valence-electron chi connectivity index (χ4n) is 3.68. The Morgan fingerprint density at radius 3 is 2.83 bits per heavy atom. The Kier molecular flexibility index (Phi) is 7.28. The monoisotopic (exact) mass is 420 g/mol. The fourth-order valence-corrected chi connectivity index (χ4v) is 3.68. The zero-order valence-electron chi connectivity index (χ0n) is 16.2. The van der Waals surface area contributed by atoms with Crippen LogP contribution in [0.1, 0.15) is 23.3 Å². The summed E-state index contributed by atoms with van der Waals surface area (Å²) in [6.45, 7) is 4.75. The van der Waals surface area contributed by atoms with Crippen molar-refractivity contribution in [1.29, 1.82) is 0 Å². The van der Waals surface area contributed by atoms with Crippen molar-refractivity contribution in [3.8, 4) is 5.75 Å². The van der Waals surface area contributed by atoms with E-state index in [0.29, 0.717) is 25.2 Å². The summed E-state index contributed by atoms with van der Waals surface area (Å²) < 4.78 is 19.5. The lowest BCUT2D eigenvalue weighted by Gasteiger charge is -2.22. The number of ether oxygens (including phenoxy) is 1. The highest BCUT2D eigenvalue weighted by atomic mass is 35.5. The van der Waals surface area contributed by atoms with Gasteiger partial charge in [-0.1, -0.05) is 18.2 Å².